The van der Waals surface area contributed by atoms with E-state index >= 15 is 0 Å². The van der Waals surface area contributed by atoms with Crippen LogP contribution in [0.3, 0.4) is 0 Å². The molecule has 2 N–H and O–H groups in total. The summed E-state index contributed by atoms with van der Waals surface area (Å²) >= 11 is 3.30. The van der Waals surface area contributed by atoms with Crippen LogP contribution in [0, 0.1) is 0 Å². The Morgan fingerprint density at radius 1 is 1.27 bits per heavy atom. The van der Waals surface area contributed by atoms with Gasteiger partial charge in [-0.05, 0) is 34.1 Å². The number of hydrogen-bond donors (Lipinski definition) is 2. The van der Waals surface area contributed by atoms with Gasteiger partial charge in [-0.3, -0.25) is 20.4 Å². The van der Waals surface area contributed by atoms with Crippen molar-refractivity contribution in [1.29, 1.82) is 0 Å². The molecule has 0 fully saturated rings. The number of hydrogen-bond acceptors (Lipinski definition) is 3. The summed E-state index contributed by atoms with van der Waals surface area (Å²) in [6, 6.07) is 9.34. The first kappa shape index (κ1) is 18.0. The molecule has 3 aromatic rings. The van der Waals surface area contributed by atoms with E-state index in [2.05, 4.69) is 26.8 Å². The number of carbonyl (C=O) groups excluding carboxylic acids is 2. The lowest BCUT2D eigenvalue weighted by atomic mass is 10.1. The van der Waals surface area contributed by atoms with Crippen LogP contribution < -0.4 is 10.9 Å². The smallest absolute Gasteiger partial charge is 0.286 e. The lowest BCUT2D eigenvalue weighted by Gasteiger charge is -2.05. The molecule has 0 saturated carbocycles. The van der Waals surface area contributed by atoms with Crippen molar-refractivity contribution in [3.63, 3.8) is 0 Å². The van der Waals surface area contributed by atoms with Crippen molar-refractivity contribution < 1.29 is 14.0 Å². The fourth-order valence-electron chi connectivity index (χ4n) is 2.69. The largest absolute Gasteiger partial charge is 0.460 e. The highest BCUT2D eigenvalue weighted by molar-refractivity contribution is 9.10. The summed E-state index contributed by atoms with van der Waals surface area (Å²) in [7, 11) is 1.75. The minimum Gasteiger partial charge on any atom is -0.460 e. The molecule has 0 saturated heterocycles. The maximum atomic E-state index is 12.1. The Balaban J connectivity index is 1.68. The molecular weight excluding hydrogens is 398 g/mol. The SMILES string of the molecule is CCc1oc2ccccc2c1/C=C/C(=O)NNC(=O)c1cc(Br)cn1C. The van der Waals surface area contributed by atoms with Gasteiger partial charge in [0.2, 0.25) is 0 Å². The molecule has 3 rings (SSSR count). The van der Waals surface area contributed by atoms with Gasteiger partial charge in [0.05, 0.1) is 0 Å². The number of halogens is 1. The van der Waals surface area contributed by atoms with Crippen LogP contribution in [-0.4, -0.2) is 16.4 Å². The van der Waals surface area contributed by atoms with Crippen LogP contribution in [0.5, 0.6) is 0 Å². The van der Waals surface area contributed by atoms with Gasteiger partial charge in [0.25, 0.3) is 11.8 Å². The molecule has 0 aliphatic carbocycles. The second-order valence-corrected chi connectivity index (χ2v) is 6.64. The summed E-state index contributed by atoms with van der Waals surface area (Å²) in [5.74, 6) is -0.0186. The molecule has 0 unspecified atom stereocenters. The quantitative estimate of drug-likeness (QED) is 0.505. The molecule has 6 nitrogen and oxygen atoms in total. The summed E-state index contributed by atoms with van der Waals surface area (Å²) in [6.45, 7) is 1.99. The Bertz CT molecular complexity index is 1000. The normalized spacial score (nSPS) is 11.2. The van der Waals surface area contributed by atoms with Crippen LogP contribution in [0.2, 0.25) is 0 Å². The van der Waals surface area contributed by atoms with E-state index in [-0.39, 0.29) is 0 Å². The Morgan fingerprint density at radius 3 is 2.73 bits per heavy atom. The van der Waals surface area contributed by atoms with Crippen molar-refractivity contribution in [3.8, 4) is 0 Å². The van der Waals surface area contributed by atoms with Crippen molar-refractivity contribution in [3.05, 3.63) is 64.1 Å². The molecule has 1 aromatic carbocycles. The third-order valence-corrected chi connectivity index (χ3v) is 4.37. The van der Waals surface area contributed by atoms with E-state index in [0.717, 1.165) is 33.2 Å². The number of benzene rings is 1. The van der Waals surface area contributed by atoms with Gasteiger partial charge in [0.1, 0.15) is 17.0 Å². The van der Waals surface area contributed by atoms with E-state index in [1.165, 1.54) is 6.08 Å². The monoisotopic (exact) mass is 415 g/mol. The maximum Gasteiger partial charge on any atom is 0.286 e. The standard InChI is InChI=1S/C19H18BrN3O3/c1-3-16-14(13-6-4-5-7-17(13)26-16)8-9-18(24)21-22-19(25)15-10-12(20)11-23(15)2/h4-11H,3H2,1-2H3,(H,21,24)(H,22,25)/b9-8+. The lowest BCUT2D eigenvalue weighted by molar-refractivity contribution is -0.117. The predicted molar refractivity (Wildman–Crippen MR) is 103 cm³/mol. The van der Waals surface area contributed by atoms with E-state index in [4.69, 9.17) is 4.42 Å². The molecule has 134 valence electrons. The molecule has 26 heavy (non-hydrogen) atoms. The molecule has 0 aliphatic heterocycles. The number of nitrogens with zero attached hydrogens (tertiary/aromatic N) is 1. The highest BCUT2D eigenvalue weighted by Gasteiger charge is 2.12. The van der Waals surface area contributed by atoms with Gasteiger partial charge in [-0.15, -0.1) is 0 Å². The number of furan rings is 1. The van der Waals surface area contributed by atoms with Gasteiger partial charge in [-0.2, -0.15) is 0 Å². The maximum absolute atomic E-state index is 12.1. The van der Waals surface area contributed by atoms with Crippen LogP contribution in [0.4, 0.5) is 0 Å². The molecule has 0 atom stereocenters. The minimum atomic E-state index is -0.432. The number of para-hydroxylation sites is 1. The molecule has 2 amide bonds. The van der Waals surface area contributed by atoms with Crippen molar-refractivity contribution in [2.75, 3.05) is 0 Å². The van der Waals surface area contributed by atoms with Crippen LogP contribution in [-0.2, 0) is 18.3 Å². The molecular formula is C19H18BrN3O3. The van der Waals surface area contributed by atoms with Crippen molar-refractivity contribution in [1.82, 2.24) is 15.4 Å². The van der Waals surface area contributed by atoms with Crippen LogP contribution in [0.25, 0.3) is 17.0 Å². The van der Waals surface area contributed by atoms with E-state index in [9.17, 15) is 9.59 Å². The summed E-state index contributed by atoms with van der Waals surface area (Å²) < 4.78 is 8.24. The first-order valence-corrected chi connectivity index (χ1v) is 8.89. The van der Waals surface area contributed by atoms with Crippen LogP contribution >= 0.6 is 15.9 Å². The summed E-state index contributed by atoms with van der Waals surface area (Å²) in [4.78, 5) is 24.1. The average Bonchev–Trinajstić information content (AvgIpc) is 3.16. The number of amides is 2. The van der Waals surface area contributed by atoms with E-state index < -0.39 is 11.8 Å². The van der Waals surface area contributed by atoms with Gasteiger partial charge in [0, 0.05) is 41.2 Å². The van der Waals surface area contributed by atoms with Crippen LogP contribution in [0.15, 0.2) is 51.5 Å². The molecule has 7 heteroatoms. The molecule has 2 heterocycles. The Labute approximate surface area is 159 Å². The molecule has 0 spiro atoms. The fourth-order valence-corrected chi connectivity index (χ4v) is 3.22. The third-order valence-electron chi connectivity index (χ3n) is 3.94. The average molecular weight is 416 g/mol. The van der Waals surface area contributed by atoms with E-state index in [1.54, 1.807) is 30.0 Å². The second kappa shape index (κ2) is 7.61. The zero-order chi connectivity index (χ0) is 18.7. The number of fused-ring (bicyclic) bond motifs is 1. The third kappa shape index (κ3) is 3.72. The van der Waals surface area contributed by atoms with Gasteiger partial charge >= 0.3 is 0 Å². The summed E-state index contributed by atoms with van der Waals surface area (Å²) in [6.07, 6.45) is 5.55. The molecule has 0 aliphatic rings. The van der Waals surface area contributed by atoms with Gasteiger partial charge < -0.3 is 8.98 Å². The highest BCUT2D eigenvalue weighted by atomic mass is 79.9. The van der Waals surface area contributed by atoms with Crippen molar-refractivity contribution >= 4 is 44.8 Å². The van der Waals surface area contributed by atoms with Gasteiger partial charge in [0.15, 0.2) is 0 Å². The zero-order valence-electron chi connectivity index (χ0n) is 14.4. The number of aryl methyl sites for hydroxylation is 2. The number of rotatable bonds is 4. The Kier molecular flexibility index (Phi) is 5.27. The predicted octanol–water partition coefficient (Wildman–Crippen LogP) is 3.57. The van der Waals surface area contributed by atoms with Crippen LogP contribution in [0.1, 0.15) is 28.7 Å². The summed E-state index contributed by atoms with van der Waals surface area (Å²) in [5, 5.41) is 0.950. The minimum absolute atomic E-state index is 0.400. The first-order chi connectivity index (χ1) is 12.5. The fraction of sp³-hybridized carbons (Fsp3) is 0.158. The van der Waals surface area contributed by atoms with E-state index in [0.29, 0.717) is 5.69 Å². The Morgan fingerprint density at radius 2 is 2.04 bits per heavy atom. The van der Waals surface area contributed by atoms with Gasteiger partial charge in [-0.1, -0.05) is 25.1 Å². The van der Waals surface area contributed by atoms with Crippen molar-refractivity contribution in [2.45, 2.75) is 13.3 Å². The highest BCUT2D eigenvalue weighted by Crippen LogP contribution is 2.27. The summed E-state index contributed by atoms with van der Waals surface area (Å²) in [5.41, 5.74) is 6.86. The number of nitrogens with one attached hydrogen (secondary N) is 2. The Hall–Kier alpha value is -2.80. The van der Waals surface area contributed by atoms with Crippen molar-refractivity contribution in [2.24, 2.45) is 7.05 Å². The topological polar surface area (TPSA) is 76.3 Å². The van der Waals surface area contributed by atoms with E-state index in [1.807, 2.05) is 31.2 Å². The molecule has 2 aromatic heterocycles. The number of aromatic nitrogens is 1. The number of hydrazine groups is 1. The molecule has 0 radical (unpaired) electrons. The zero-order valence-corrected chi connectivity index (χ0v) is 16.0. The first-order valence-electron chi connectivity index (χ1n) is 8.10. The second-order valence-electron chi connectivity index (χ2n) is 5.72. The molecule has 0 bridgehead atoms. The lowest BCUT2D eigenvalue weighted by Crippen LogP contribution is -2.41. The van der Waals surface area contributed by atoms with Gasteiger partial charge in [-0.25, -0.2) is 0 Å². The number of carbonyl (C=O) groups is 2.